The predicted octanol–water partition coefficient (Wildman–Crippen LogP) is 2.20. The highest BCUT2D eigenvalue weighted by atomic mass is 16.4. The second-order valence-corrected chi connectivity index (χ2v) is 8.19. The molecule has 0 unspecified atom stereocenters. The summed E-state index contributed by atoms with van der Waals surface area (Å²) in [6.45, 7) is 2.51. The van der Waals surface area contributed by atoms with Crippen molar-refractivity contribution in [1.82, 2.24) is 10.2 Å². The van der Waals surface area contributed by atoms with Crippen LogP contribution in [0.3, 0.4) is 0 Å². The summed E-state index contributed by atoms with van der Waals surface area (Å²) in [4.78, 5) is 38.8. The topological polar surface area (TPSA) is 79.6 Å². The molecule has 26 heavy (non-hydrogen) atoms. The van der Waals surface area contributed by atoms with Crippen LogP contribution in [0.25, 0.3) is 0 Å². The van der Waals surface area contributed by atoms with Crippen molar-refractivity contribution >= 4 is 11.8 Å². The minimum absolute atomic E-state index is 0.0651. The van der Waals surface area contributed by atoms with Crippen molar-refractivity contribution in [1.29, 1.82) is 0 Å². The maximum atomic E-state index is 13.0. The Labute approximate surface area is 152 Å². The van der Waals surface area contributed by atoms with Crippen molar-refractivity contribution in [2.45, 2.75) is 57.4 Å². The average Bonchev–Trinajstić information content (AvgIpc) is 2.94. The number of hydrogen-bond acceptors (Lipinski definition) is 4. The van der Waals surface area contributed by atoms with E-state index in [1.54, 1.807) is 11.9 Å². The summed E-state index contributed by atoms with van der Waals surface area (Å²) >= 11 is 0. The number of hydrogen-bond donors (Lipinski definition) is 1. The van der Waals surface area contributed by atoms with Crippen LogP contribution in [0.5, 0.6) is 0 Å². The summed E-state index contributed by atoms with van der Waals surface area (Å²) in [5.41, 5.74) is 0.336. The number of fused-ring (bicyclic) bond motifs is 1. The Bertz CT molecular complexity index is 795. The zero-order chi connectivity index (χ0) is 18.4. The third-order valence-corrected chi connectivity index (χ3v) is 6.58. The quantitative estimate of drug-likeness (QED) is 0.898. The van der Waals surface area contributed by atoms with Crippen LogP contribution in [0, 0.1) is 18.8 Å². The lowest BCUT2D eigenvalue weighted by Crippen LogP contribution is -2.39. The number of carbonyl (C=O) groups excluding carboxylic acids is 2. The van der Waals surface area contributed by atoms with E-state index in [0.717, 1.165) is 37.9 Å². The lowest BCUT2D eigenvalue weighted by molar-refractivity contribution is -0.124. The summed E-state index contributed by atoms with van der Waals surface area (Å²) in [5.74, 6) is 1.64. The molecule has 3 atom stereocenters. The van der Waals surface area contributed by atoms with Gasteiger partial charge < -0.3 is 14.6 Å². The predicted molar refractivity (Wildman–Crippen MR) is 96.0 cm³/mol. The van der Waals surface area contributed by atoms with Gasteiger partial charge in [-0.3, -0.25) is 9.59 Å². The van der Waals surface area contributed by atoms with E-state index < -0.39 is 5.63 Å². The fraction of sp³-hybridized carbons (Fsp3) is 0.650. The van der Waals surface area contributed by atoms with E-state index >= 15 is 0 Å². The summed E-state index contributed by atoms with van der Waals surface area (Å²) in [5, 5.41) is 2.91. The Hall–Kier alpha value is -2.11. The van der Waals surface area contributed by atoms with E-state index in [4.69, 9.17) is 4.42 Å². The van der Waals surface area contributed by atoms with Gasteiger partial charge in [-0.25, -0.2) is 4.79 Å². The lowest BCUT2D eigenvalue weighted by atomic mass is 9.83. The van der Waals surface area contributed by atoms with Crippen LogP contribution in [0.4, 0.5) is 0 Å². The Morgan fingerprint density at radius 3 is 2.62 bits per heavy atom. The molecule has 2 saturated carbocycles. The van der Waals surface area contributed by atoms with Crippen molar-refractivity contribution in [3.8, 4) is 0 Å². The summed E-state index contributed by atoms with van der Waals surface area (Å²) < 4.78 is 5.48. The Morgan fingerprint density at radius 1 is 1.23 bits per heavy atom. The third kappa shape index (κ3) is 2.95. The summed E-state index contributed by atoms with van der Waals surface area (Å²) in [6.07, 6.45) is 5.50. The molecule has 0 radical (unpaired) electrons. The van der Waals surface area contributed by atoms with Crippen LogP contribution in [0.1, 0.15) is 66.1 Å². The molecule has 140 valence electrons. The zero-order valence-electron chi connectivity index (χ0n) is 15.4. The first-order chi connectivity index (χ1) is 12.4. The van der Waals surface area contributed by atoms with Crippen LogP contribution >= 0.6 is 0 Å². The molecule has 4 rings (SSSR count). The van der Waals surface area contributed by atoms with Gasteiger partial charge >= 0.3 is 5.63 Å². The first-order valence-corrected chi connectivity index (χ1v) is 9.62. The number of nitrogens with zero attached hydrogens (tertiary/aromatic N) is 1. The second kappa shape index (κ2) is 6.56. The fourth-order valence-corrected chi connectivity index (χ4v) is 4.68. The minimum atomic E-state index is -0.518. The van der Waals surface area contributed by atoms with Crippen LogP contribution in [0.2, 0.25) is 0 Å². The van der Waals surface area contributed by atoms with E-state index in [-0.39, 0.29) is 23.4 Å². The minimum Gasteiger partial charge on any atom is -0.427 e. The Kier molecular flexibility index (Phi) is 4.37. The van der Waals surface area contributed by atoms with Crippen molar-refractivity contribution in [3.63, 3.8) is 0 Å². The average molecular weight is 358 g/mol. The van der Waals surface area contributed by atoms with Gasteiger partial charge in [-0.2, -0.15) is 0 Å². The van der Waals surface area contributed by atoms with Crippen molar-refractivity contribution in [3.05, 3.63) is 33.4 Å². The lowest BCUT2D eigenvalue weighted by Gasteiger charge is -2.26. The van der Waals surface area contributed by atoms with Crippen LogP contribution in [0.15, 0.2) is 15.3 Å². The largest absolute Gasteiger partial charge is 0.427 e. The molecule has 0 spiro atoms. The van der Waals surface area contributed by atoms with Gasteiger partial charge in [-0.05, 0) is 56.1 Å². The number of amides is 2. The van der Waals surface area contributed by atoms with Gasteiger partial charge in [0.05, 0.1) is 0 Å². The first kappa shape index (κ1) is 17.3. The monoisotopic (exact) mass is 358 g/mol. The maximum Gasteiger partial charge on any atom is 0.349 e. The van der Waals surface area contributed by atoms with E-state index in [2.05, 4.69) is 5.32 Å². The molecular formula is C20H26N2O4. The molecule has 0 aromatic carbocycles. The van der Waals surface area contributed by atoms with E-state index in [1.165, 1.54) is 0 Å². The molecule has 1 N–H and O–H groups in total. The molecule has 2 aliphatic carbocycles. The molecule has 1 aromatic rings. The maximum absolute atomic E-state index is 13.0. The molecular weight excluding hydrogens is 332 g/mol. The van der Waals surface area contributed by atoms with Gasteiger partial charge in [0.15, 0.2) is 0 Å². The molecule has 3 fully saturated rings. The van der Waals surface area contributed by atoms with Gasteiger partial charge in [0.25, 0.3) is 5.91 Å². The molecule has 1 aliphatic heterocycles. The molecule has 2 heterocycles. The molecule has 0 bridgehead atoms. The van der Waals surface area contributed by atoms with Crippen molar-refractivity contribution in [2.24, 2.45) is 11.8 Å². The normalized spacial score (nSPS) is 28.2. The van der Waals surface area contributed by atoms with E-state index in [0.29, 0.717) is 36.3 Å². The molecule has 1 aromatic heterocycles. The molecule has 6 heteroatoms. The summed E-state index contributed by atoms with van der Waals surface area (Å²) in [7, 11) is 1.76. The van der Waals surface area contributed by atoms with Crippen LogP contribution in [-0.2, 0) is 4.79 Å². The third-order valence-electron chi connectivity index (χ3n) is 6.58. The highest BCUT2D eigenvalue weighted by molar-refractivity contribution is 5.95. The second-order valence-electron chi connectivity index (χ2n) is 8.19. The highest BCUT2D eigenvalue weighted by Gasteiger charge is 2.41. The molecule has 1 saturated heterocycles. The number of rotatable bonds is 3. The number of aryl methyl sites for hydroxylation is 1. The van der Waals surface area contributed by atoms with E-state index in [9.17, 15) is 14.4 Å². The molecule has 2 amide bonds. The van der Waals surface area contributed by atoms with Gasteiger partial charge in [0.1, 0.15) is 11.3 Å². The van der Waals surface area contributed by atoms with Crippen molar-refractivity contribution in [2.75, 3.05) is 13.6 Å². The van der Waals surface area contributed by atoms with Gasteiger partial charge in [-0.15, -0.1) is 0 Å². The summed E-state index contributed by atoms with van der Waals surface area (Å²) in [6, 6.07) is 1.93. The Morgan fingerprint density at radius 2 is 1.96 bits per heavy atom. The Balaban J connectivity index is 1.52. The standard InChI is InChI=1S/C20H26N2O4/c1-11-6-16(12-4-3-5-12)26-20(25)18(11)19(24)22(2)15-7-13-9-17(23)21-10-14(13)8-15/h6,12-15H,3-5,7-10H2,1-2H3,(H,21,23)/t13-,14+,15-/m0/s1. The molecule has 3 aliphatic rings. The van der Waals surface area contributed by atoms with Crippen molar-refractivity contribution < 1.29 is 14.0 Å². The van der Waals surface area contributed by atoms with E-state index in [1.807, 2.05) is 13.0 Å². The van der Waals surface area contributed by atoms with Gasteiger partial charge in [-0.1, -0.05) is 6.42 Å². The number of carbonyl (C=O) groups is 2. The fourth-order valence-electron chi connectivity index (χ4n) is 4.68. The van der Waals surface area contributed by atoms with Crippen LogP contribution in [-0.4, -0.2) is 36.3 Å². The number of nitrogens with one attached hydrogen (secondary N) is 1. The molecule has 6 nitrogen and oxygen atoms in total. The van der Waals surface area contributed by atoms with Gasteiger partial charge in [0, 0.05) is 32.0 Å². The smallest absolute Gasteiger partial charge is 0.349 e. The number of piperidine rings is 1. The van der Waals surface area contributed by atoms with Crippen LogP contribution < -0.4 is 10.9 Å². The SMILES string of the molecule is Cc1cc(C2CCC2)oc(=O)c1C(=O)N(C)[C@H]1C[C@H]2CC(=O)NC[C@H]2C1. The first-order valence-electron chi connectivity index (χ1n) is 9.62. The zero-order valence-corrected chi connectivity index (χ0v) is 15.4. The van der Waals surface area contributed by atoms with Gasteiger partial charge in [0.2, 0.25) is 5.91 Å². The highest BCUT2D eigenvalue weighted by Crippen LogP contribution is 2.39.